The standard InChI is InChI=1S/C34H36N6O2/c1-21-25(7-5-9-27(21)37-33(41)31-13-11-23-19-39(3)17-15-29(23)35-31)26-8-6-10-28(22(26)2)38-34(42)32-14-12-24-20-40(4)18-16-30(24)36-32/h5-14H,15-20H2,1-4H3,(H,37,41)(H,38,42). The average Bonchev–Trinajstić information content (AvgIpc) is 2.98. The van der Waals surface area contributed by atoms with E-state index < -0.39 is 0 Å². The number of fused-ring (bicyclic) bond motifs is 2. The molecule has 0 radical (unpaired) electrons. The van der Waals surface area contributed by atoms with Crippen molar-refractivity contribution in [2.24, 2.45) is 0 Å². The number of likely N-dealkylation sites (N-methyl/N-ethyl adjacent to an activating group) is 2. The summed E-state index contributed by atoms with van der Waals surface area (Å²) in [6, 6.07) is 19.4. The summed E-state index contributed by atoms with van der Waals surface area (Å²) in [4.78, 5) is 40.3. The Bertz CT molecular complexity index is 1570. The highest BCUT2D eigenvalue weighted by molar-refractivity contribution is 6.05. The van der Waals surface area contributed by atoms with Gasteiger partial charge in [0.1, 0.15) is 11.4 Å². The van der Waals surface area contributed by atoms with E-state index in [1.54, 1.807) is 12.1 Å². The van der Waals surface area contributed by atoms with E-state index in [-0.39, 0.29) is 11.8 Å². The van der Waals surface area contributed by atoms with Crippen molar-refractivity contribution < 1.29 is 9.59 Å². The third kappa shape index (κ3) is 5.55. The Labute approximate surface area is 246 Å². The van der Waals surface area contributed by atoms with Gasteiger partial charge in [0.2, 0.25) is 0 Å². The van der Waals surface area contributed by atoms with Gasteiger partial charge in [-0.3, -0.25) is 9.59 Å². The van der Waals surface area contributed by atoms with Crippen molar-refractivity contribution in [3.63, 3.8) is 0 Å². The molecule has 8 nitrogen and oxygen atoms in total. The summed E-state index contributed by atoms with van der Waals surface area (Å²) in [5.74, 6) is -0.446. The Morgan fingerprint density at radius 1 is 0.643 bits per heavy atom. The van der Waals surface area contributed by atoms with Gasteiger partial charge in [-0.2, -0.15) is 0 Å². The summed E-state index contributed by atoms with van der Waals surface area (Å²) in [6.45, 7) is 7.58. The Hall–Kier alpha value is -4.40. The molecule has 0 unspecified atom stereocenters. The fraction of sp³-hybridized carbons (Fsp3) is 0.294. The maximum Gasteiger partial charge on any atom is 0.274 e. The summed E-state index contributed by atoms with van der Waals surface area (Å²) in [5.41, 5.74) is 10.5. The molecule has 2 aliphatic rings. The number of nitrogens with zero attached hydrogens (tertiary/aromatic N) is 4. The first-order valence-electron chi connectivity index (χ1n) is 14.4. The van der Waals surface area contributed by atoms with Crippen molar-refractivity contribution >= 4 is 23.2 Å². The monoisotopic (exact) mass is 560 g/mol. The van der Waals surface area contributed by atoms with Gasteiger partial charge in [0.05, 0.1) is 0 Å². The van der Waals surface area contributed by atoms with Crippen molar-refractivity contribution in [3.05, 3.63) is 106 Å². The second-order valence-corrected chi connectivity index (χ2v) is 11.4. The molecule has 0 atom stereocenters. The minimum absolute atomic E-state index is 0.223. The molecule has 8 heteroatoms. The van der Waals surface area contributed by atoms with Gasteiger partial charge in [0.15, 0.2) is 0 Å². The van der Waals surface area contributed by atoms with Crippen molar-refractivity contribution in [2.45, 2.75) is 39.8 Å². The van der Waals surface area contributed by atoms with Crippen LogP contribution in [0.2, 0.25) is 0 Å². The highest BCUT2D eigenvalue weighted by Crippen LogP contribution is 2.34. The van der Waals surface area contributed by atoms with Crippen LogP contribution in [0.1, 0.15) is 54.6 Å². The van der Waals surface area contributed by atoms with Crippen LogP contribution in [0.15, 0.2) is 60.7 Å². The first-order valence-corrected chi connectivity index (χ1v) is 14.4. The van der Waals surface area contributed by atoms with E-state index in [1.807, 2.05) is 62.4 Å². The molecule has 4 aromatic rings. The number of amides is 2. The van der Waals surface area contributed by atoms with Gasteiger partial charge in [0, 0.05) is 61.8 Å². The maximum atomic E-state index is 13.2. The normalized spacial score (nSPS) is 15.0. The Morgan fingerprint density at radius 2 is 1.07 bits per heavy atom. The van der Waals surface area contributed by atoms with Crippen LogP contribution in [-0.2, 0) is 25.9 Å². The molecule has 42 heavy (non-hydrogen) atoms. The number of pyridine rings is 2. The van der Waals surface area contributed by atoms with Gasteiger partial charge < -0.3 is 20.4 Å². The SMILES string of the molecule is Cc1c(NC(=O)c2ccc3c(n2)CCN(C)C3)cccc1-c1cccc(NC(=O)c2ccc3c(n2)CCN(C)C3)c1C. The molecule has 0 aliphatic carbocycles. The predicted molar refractivity (Wildman–Crippen MR) is 166 cm³/mol. The van der Waals surface area contributed by atoms with Crippen molar-refractivity contribution in [1.29, 1.82) is 0 Å². The second kappa shape index (κ2) is 11.5. The van der Waals surface area contributed by atoms with E-state index in [0.29, 0.717) is 11.4 Å². The van der Waals surface area contributed by atoms with E-state index in [0.717, 1.165) is 84.0 Å². The third-order valence-electron chi connectivity index (χ3n) is 8.40. The highest BCUT2D eigenvalue weighted by Gasteiger charge is 2.20. The molecule has 2 amide bonds. The summed E-state index contributed by atoms with van der Waals surface area (Å²) < 4.78 is 0. The summed E-state index contributed by atoms with van der Waals surface area (Å²) >= 11 is 0. The van der Waals surface area contributed by atoms with E-state index >= 15 is 0 Å². The molecule has 2 N–H and O–H groups in total. The van der Waals surface area contributed by atoms with E-state index in [2.05, 4.69) is 44.5 Å². The molecule has 214 valence electrons. The largest absolute Gasteiger partial charge is 0.320 e. The van der Waals surface area contributed by atoms with Crippen LogP contribution in [0.5, 0.6) is 0 Å². The van der Waals surface area contributed by atoms with E-state index in [4.69, 9.17) is 0 Å². The van der Waals surface area contributed by atoms with Gasteiger partial charge in [-0.15, -0.1) is 0 Å². The number of carbonyl (C=O) groups excluding carboxylic acids is 2. The molecule has 0 spiro atoms. The first-order chi connectivity index (χ1) is 20.3. The lowest BCUT2D eigenvalue weighted by Crippen LogP contribution is -2.28. The third-order valence-corrected chi connectivity index (χ3v) is 8.40. The zero-order valence-electron chi connectivity index (χ0n) is 24.6. The van der Waals surface area contributed by atoms with Gasteiger partial charge >= 0.3 is 0 Å². The molecule has 2 aliphatic heterocycles. The number of hydrogen-bond donors (Lipinski definition) is 2. The zero-order valence-corrected chi connectivity index (χ0v) is 24.6. The van der Waals surface area contributed by atoms with Crippen LogP contribution in [-0.4, -0.2) is 58.8 Å². The Kier molecular flexibility index (Phi) is 7.58. The topological polar surface area (TPSA) is 90.5 Å². The molecular formula is C34H36N6O2. The van der Waals surface area contributed by atoms with Gasteiger partial charge in [-0.25, -0.2) is 9.97 Å². The lowest BCUT2D eigenvalue weighted by Gasteiger charge is -2.24. The lowest BCUT2D eigenvalue weighted by atomic mass is 9.94. The van der Waals surface area contributed by atoms with Crippen LogP contribution in [0.25, 0.3) is 11.1 Å². The number of carbonyl (C=O) groups is 2. The van der Waals surface area contributed by atoms with E-state index in [1.165, 1.54) is 11.1 Å². The van der Waals surface area contributed by atoms with Gasteiger partial charge in [0.25, 0.3) is 11.8 Å². The highest BCUT2D eigenvalue weighted by atomic mass is 16.2. The number of hydrogen-bond acceptors (Lipinski definition) is 6. The molecule has 0 saturated carbocycles. The molecule has 4 heterocycles. The quantitative estimate of drug-likeness (QED) is 0.347. The number of nitrogens with one attached hydrogen (secondary N) is 2. The van der Waals surface area contributed by atoms with Gasteiger partial charge in [-0.05, 0) is 85.6 Å². The number of aromatic nitrogens is 2. The van der Waals surface area contributed by atoms with E-state index in [9.17, 15) is 9.59 Å². The average molecular weight is 561 g/mol. The Morgan fingerprint density at radius 3 is 1.50 bits per heavy atom. The summed E-state index contributed by atoms with van der Waals surface area (Å²) in [5, 5.41) is 6.15. The molecule has 0 fully saturated rings. The minimum Gasteiger partial charge on any atom is -0.320 e. The molecule has 2 aromatic heterocycles. The molecule has 2 aromatic carbocycles. The number of anilines is 2. The predicted octanol–water partition coefficient (Wildman–Crippen LogP) is 5.24. The first kappa shape index (κ1) is 27.8. The Balaban J connectivity index is 1.22. The lowest BCUT2D eigenvalue weighted by molar-refractivity contribution is 0.101. The molecule has 0 bridgehead atoms. The number of rotatable bonds is 5. The van der Waals surface area contributed by atoms with Crippen LogP contribution in [0.4, 0.5) is 11.4 Å². The van der Waals surface area contributed by atoms with Gasteiger partial charge in [-0.1, -0.05) is 36.4 Å². The smallest absolute Gasteiger partial charge is 0.274 e. The number of benzene rings is 2. The van der Waals surface area contributed by atoms with Crippen LogP contribution < -0.4 is 10.6 Å². The fourth-order valence-electron chi connectivity index (χ4n) is 5.87. The summed E-state index contributed by atoms with van der Waals surface area (Å²) in [6.07, 6.45) is 1.68. The fourth-order valence-corrected chi connectivity index (χ4v) is 5.87. The molecular weight excluding hydrogens is 524 g/mol. The van der Waals surface area contributed by atoms with Crippen molar-refractivity contribution in [2.75, 3.05) is 37.8 Å². The van der Waals surface area contributed by atoms with Crippen molar-refractivity contribution in [3.8, 4) is 11.1 Å². The van der Waals surface area contributed by atoms with Crippen LogP contribution in [0.3, 0.4) is 0 Å². The molecule has 0 saturated heterocycles. The zero-order chi connectivity index (χ0) is 29.4. The van der Waals surface area contributed by atoms with Crippen molar-refractivity contribution in [1.82, 2.24) is 19.8 Å². The van der Waals surface area contributed by atoms with Crippen LogP contribution >= 0.6 is 0 Å². The molecule has 6 rings (SSSR count). The minimum atomic E-state index is -0.223. The van der Waals surface area contributed by atoms with Crippen LogP contribution in [0, 0.1) is 13.8 Å². The summed E-state index contributed by atoms with van der Waals surface area (Å²) in [7, 11) is 4.19. The second-order valence-electron chi connectivity index (χ2n) is 11.4. The maximum absolute atomic E-state index is 13.2.